The summed E-state index contributed by atoms with van der Waals surface area (Å²) < 4.78 is 39.5. The average molecular weight is 386 g/mol. The van der Waals surface area contributed by atoms with Crippen LogP contribution >= 0.6 is 0 Å². The van der Waals surface area contributed by atoms with Gasteiger partial charge in [-0.25, -0.2) is 0 Å². The minimum absolute atomic E-state index is 0.152. The second kappa shape index (κ2) is 8.41. The van der Waals surface area contributed by atoms with Gasteiger partial charge in [0.15, 0.2) is 0 Å². The lowest BCUT2D eigenvalue weighted by molar-refractivity contribution is -0.145. The van der Waals surface area contributed by atoms with Gasteiger partial charge in [-0.2, -0.15) is 13.2 Å². The number of hydrogen-bond donors (Lipinski definition) is 1. The fraction of sp³-hybridized carbons (Fsp3) is 0.500. The fourth-order valence-corrected chi connectivity index (χ4v) is 3.32. The number of alkyl halides is 3. The number of likely N-dealkylation sites (tertiary alicyclic amines) is 1. The van der Waals surface area contributed by atoms with E-state index in [0.717, 1.165) is 12.1 Å². The molecule has 2 rings (SSSR count). The van der Waals surface area contributed by atoms with Crippen LogP contribution in [0.15, 0.2) is 24.3 Å². The van der Waals surface area contributed by atoms with E-state index in [1.165, 1.54) is 28.9 Å². The number of amides is 2. The average Bonchev–Trinajstić information content (AvgIpc) is 2.84. The molecule has 27 heavy (non-hydrogen) atoms. The van der Waals surface area contributed by atoms with Crippen LogP contribution in [-0.2, 0) is 15.8 Å². The highest BCUT2D eigenvalue weighted by molar-refractivity contribution is 5.96. The molecule has 0 aliphatic carbocycles. The number of aliphatic carboxylic acids is 1. The predicted molar refractivity (Wildman–Crippen MR) is 90.0 cm³/mol. The maximum absolute atomic E-state index is 13.2. The largest absolute Gasteiger partial charge is 0.480 e. The Kier molecular flexibility index (Phi) is 6.45. The molecule has 0 radical (unpaired) electrons. The number of rotatable bonds is 4. The summed E-state index contributed by atoms with van der Waals surface area (Å²) >= 11 is 0. The molecule has 0 saturated carbocycles. The van der Waals surface area contributed by atoms with Crippen molar-refractivity contribution in [3.8, 4) is 0 Å². The van der Waals surface area contributed by atoms with Crippen molar-refractivity contribution in [1.29, 1.82) is 0 Å². The molecule has 1 unspecified atom stereocenters. The van der Waals surface area contributed by atoms with Crippen LogP contribution in [0, 0.1) is 0 Å². The first kappa shape index (κ1) is 20.7. The van der Waals surface area contributed by atoms with E-state index in [4.69, 9.17) is 5.11 Å². The molecule has 1 atom stereocenters. The molecule has 1 N–H and O–H groups in total. The molecule has 0 bridgehead atoms. The first-order chi connectivity index (χ1) is 12.6. The smallest absolute Gasteiger partial charge is 0.417 e. The molecular weight excluding hydrogens is 365 g/mol. The SMILES string of the molecule is CC(=O)N(CC(=O)O)C1CCCN(C(=O)c2ccccc2C(F)(F)F)CC1. The molecule has 1 aromatic carbocycles. The molecule has 1 fully saturated rings. The van der Waals surface area contributed by atoms with Crippen molar-refractivity contribution in [3.63, 3.8) is 0 Å². The van der Waals surface area contributed by atoms with E-state index in [9.17, 15) is 27.6 Å². The molecule has 6 nitrogen and oxygen atoms in total. The summed E-state index contributed by atoms with van der Waals surface area (Å²) in [5.74, 6) is -2.23. The van der Waals surface area contributed by atoms with Crippen molar-refractivity contribution in [3.05, 3.63) is 35.4 Å². The topological polar surface area (TPSA) is 77.9 Å². The normalized spacial score (nSPS) is 17.9. The van der Waals surface area contributed by atoms with Crippen molar-refractivity contribution >= 4 is 17.8 Å². The maximum Gasteiger partial charge on any atom is 0.417 e. The van der Waals surface area contributed by atoms with E-state index < -0.39 is 35.7 Å². The van der Waals surface area contributed by atoms with Gasteiger partial charge < -0.3 is 14.9 Å². The summed E-state index contributed by atoms with van der Waals surface area (Å²) in [4.78, 5) is 37.9. The lowest BCUT2D eigenvalue weighted by Gasteiger charge is -2.29. The van der Waals surface area contributed by atoms with Gasteiger partial charge >= 0.3 is 12.1 Å². The van der Waals surface area contributed by atoms with Gasteiger partial charge in [-0.1, -0.05) is 12.1 Å². The summed E-state index contributed by atoms with van der Waals surface area (Å²) in [6.07, 6.45) is -3.37. The number of benzene rings is 1. The lowest BCUT2D eigenvalue weighted by Crippen LogP contribution is -2.43. The zero-order chi connectivity index (χ0) is 20.2. The Morgan fingerprint density at radius 3 is 2.44 bits per heavy atom. The van der Waals surface area contributed by atoms with E-state index in [1.54, 1.807) is 0 Å². The summed E-state index contributed by atoms with van der Waals surface area (Å²) in [5, 5.41) is 8.96. The number of carbonyl (C=O) groups excluding carboxylic acids is 2. The Hall–Kier alpha value is -2.58. The Morgan fingerprint density at radius 2 is 1.85 bits per heavy atom. The van der Waals surface area contributed by atoms with Crippen LogP contribution in [-0.4, -0.2) is 58.4 Å². The number of carboxylic acids is 1. The molecule has 2 amide bonds. The van der Waals surface area contributed by atoms with Gasteiger partial charge in [0.2, 0.25) is 5.91 Å². The quantitative estimate of drug-likeness (QED) is 0.863. The summed E-state index contributed by atoms with van der Waals surface area (Å²) in [6.45, 7) is 1.24. The third-order valence-electron chi connectivity index (χ3n) is 4.60. The zero-order valence-electron chi connectivity index (χ0n) is 14.8. The second-order valence-electron chi connectivity index (χ2n) is 6.46. The van der Waals surface area contributed by atoms with Crippen molar-refractivity contribution in [2.45, 2.75) is 38.4 Å². The van der Waals surface area contributed by atoms with Crippen molar-refractivity contribution in [1.82, 2.24) is 9.80 Å². The van der Waals surface area contributed by atoms with Crippen molar-refractivity contribution in [2.24, 2.45) is 0 Å². The Labute approximate surface area is 154 Å². The van der Waals surface area contributed by atoms with Crippen LogP contribution in [0.2, 0.25) is 0 Å². The van der Waals surface area contributed by atoms with Crippen LogP contribution < -0.4 is 0 Å². The summed E-state index contributed by atoms with van der Waals surface area (Å²) in [7, 11) is 0. The van der Waals surface area contributed by atoms with E-state index >= 15 is 0 Å². The van der Waals surface area contributed by atoms with Crippen molar-refractivity contribution in [2.75, 3.05) is 19.6 Å². The molecule has 0 aromatic heterocycles. The van der Waals surface area contributed by atoms with Gasteiger partial charge in [0.25, 0.3) is 5.91 Å². The minimum atomic E-state index is -4.63. The molecule has 0 spiro atoms. The van der Waals surface area contributed by atoms with E-state index in [1.807, 2.05) is 0 Å². The highest BCUT2D eigenvalue weighted by atomic mass is 19.4. The molecule has 1 heterocycles. The molecule has 9 heteroatoms. The van der Waals surface area contributed by atoms with Crippen molar-refractivity contribution < 1.29 is 32.7 Å². The monoisotopic (exact) mass is 386 g/mol. The highest BCUT2D eigenvalue weighted by Gasteiger charge is 2.36. The second-order valence-corrected chi connectivity index (χ2v) is 6.46. The first-order valence-electron chi connectivity index (χ1n) is 8.55. The number of nitrogens with zero attached hydrogens (tertiary/aromatic N) is 2. The van der Waals surface area contributed by atoms with Gasteiger partial charge in [0.1, 0.15) is 6.54 Å². The van der Waals surface area contributed by atoms with Gasteiger partial charge in [-0.3, -0.25) is 14.4 Å². The number of hydrogen-bond acceptors (Lipinski definition) is 3. The van der Waals surface area contributed by atoms with Crippen LogP contribution in [0.25, 0.3) is 0 Å². The predicted octanol–water partition coefficient (Wildman–Crippen LogP) is 2.63. The Morgan fingerprint density at radius 1 is 1.19 bits per heavy atom. The van der Waals surface area contributed by atoms with Gasteiger partial charge in [-0.05, 0) is 31.4 Å². The van der Waals surface area contributed by atoms with Crippen LogP contribution in [0.3, 0.4) is 0 Å². The molecular formula is C18H21F3N2O4. The van der Waals surface area contributed by atoms with E-state index in [-0.39, 0.29) is 25.0 Å². The Balaban J connectivity index is 2.16. The highest BCUT2D eigenvalue weighted by Crippen LogP contribution is 2.32. The fourth-order valence-electron chi connectivity index (χ4n) is 3.32. The molecule has 1 aliphatic heterocycles. The number of halogens is 3. The molecule has 148 valence electrons. The number of carbonyl (C=O) groups is 3. The van der Waals surface area contributed by atoms with Gasteiger partial charge in [0, 0.05) is 26.1 Å². The first-order valence-corrected chi connectivity index (χ1v) is 8.55. The molecule has 1 aliphatic rings. The third-order valence-corrected chi connectivity index (χ3v) is 4.60. The van der Waals surface area contributed by atoms with Crippen LogP contribution in [0.1, 0.15) is 42.1 Å². The zero-order valence-corrected chi connectivity index (χ0v) is 14.8. The Bertz CT molecular complexity index is 721. The van der Waals surface area contributed by atoms with Gasteiger partial charge in [-0.15, -0.1) is 0 Å². The lowest BCUT2D eigenvalue weighted by atomic mass is 10.1. The molecule has 1 saturated heterocycles. The minimum Gasteiger partial charge on any atom is -0.480 e. The van der Waals surface area contributed by atoms with E-state index in [2.05, 4.69) is 0 Å². The van der Waals surface area contributed by atoms with E-state index in [0.29, 0.717) is 19.3 Å². The summed E-state index contributed by atoms with van der Waals surface area (Å²) in [5.41, 5.74) is -1.38. The van der Waals surface area contributed by atoms with Gasteiger partial charge in [0.05, 0.1) is 11.1 Å². The third kappa shape index (κ3) is 5.21. The number of carboxylic acid groups (broad SMARTS) is 1. The van der Waals surface area contributed by atoms with Crippen LogP contribution in [0.5, 0.6) is 0 Å². The maximum atomic E-state index is 13.2. The molecule has 1 aromatic rings. The standard InChI is InChI=1S/C18H21F3N2O4/c1-12(24)23(11-16(25)26)13-5-4-9-22(10-8-13)17(27)14-6-2-3-7-15(14)18(19,20)21/h2-3,6-7,13H,4-5,8-11H2,1H3,(H,25,26). The summed E-state index contributed by atoms with van der Waals surface area (Å²) in [6, 6.07) is 4.27. The van der Waals surface area contributed by atoms with Crippen LogP contribution in [0.4, 0.5) is 13.2 Å².